The van der Waals surface area contributed by atoms with Crippen LogP contribution in [0.4, 0.5) is 4.39 Å². The summed E-state index contributed by atoms with van der Waals surface area (Å²) in [6.07, 6.45) is 0. The molecule has 0 saturated carbocycles. The fraction of sp³-hybridized carbons (Fsp3) is 0. The molecule has 1 aromatic carbocycles. The zero-order chi connectivity index (χ0) is 9.30. The Morgan fingerprint density at radius 1 is 1.42 bits per heavy atom. The molecule has 0 saturated heterocycles. The van der Waals surface area contributed by atoms with E-state index in [-0.39, 0.29) is 10.5 Å². The first-order chi connectivity index (χ1) is 5.54. The van der Waals surface area contributed by atoms with E-state index in [1.807, 2.05) is 0 Å². The predicted molar refractivity (Wildman–Crippen MR) is 54.0 cm³/mol. The lowest BCUT2D eigenvalue weighted by Gasteiger charge is -2.05. The van der Waals surface area contributed by atoms with Crippen molar-refractivity contribution in [3.05, 3.63) is 26.5 Å². The second kappa shape index (κ2) is 3.91. The van der Waals surface area contributed by atoms with Gasteiger partial charge in [0.05, 0.1) is 0 Å². The quantitative estimate of drug-likeness (QED) is 0.457. The molecule has 6 heteroatoms. The summed E-state index contributed by atoms with van der Waals surface area (Å²) in [5.41, 5.74) is -0.274. The van der Waals surface area contributed by atoms with Gasteiger partial charge in [0.1, 0.15) is 5.82 Å². The highest BCUT2D eigenvalue weighted by Gasteiger charge is 2.21. The molecule has 0 spiro atoms. The van der Waals surface area contributed by atoms with E-state index < -0.39 is 12.9 Å². The van der Waals surface area contributed by atoms with E-state index in [0.29, 0.717) is 3.57 Å². The van der Waals surface area contributed by atoms with Crippen LogP contribution < -0.4 is 5.46 Å². The normalized spacial score (nSPS) is 10.1. The van der Waals surface area contributed by atoms with Crippen LogP contribution in [0.25, 0.3) is 0 Å². The van der Waals surface area contributed by atoms with Crippen molar-refractivity contribution in [2.24, 2.45) is 0 Å². The Balaban J connectivity index is 3.33. The molecule has 0 aromatic heterocycles. The minimum Gasteiger partial charge on any atom is -0.423 e. The predicted octanol–water partition coefficient (Wildman–Crippen LogP) is 0.763. The lowest BCUT2D eigenvalue weighted by Crippen LogP contribution is -2.34. The molecular weight excluding hydrogens is 296 g/mol. The third kappa shape index (κ3) is 1.90. The van der Waals surface area contributed by atoms with Gasteiger partial charge in [-0.05, 0) is 34.7 Å². The number of hydrogen-bond donors (Lipinski definition) is 2. The summed E-state index contributed by atoms with van der Waals surface area (Å²) >= 11 is 7.28. The molecule has 0 fully saturated rings. The fourth-order valence-electron chi connectivity index (χ4n) is 0.779. The lowest BCUT2D eigenvalue weighted by atomic mass is 9.80. The Hall–Kier alpha value is 0.155. The minimum atomic E-state index is -1.87. The third-order valence-corrected chi connectivity index (χ3v) is 2.50. The largest absolute Gasteiger partial charge is 0.493 e. The average Bonchev–Trinajstić information content (AvgIpc) is 1.97. The third-order valence-electron chi connectivity index (χ3n) is 1.34. The van der Waals surface area contributed by atoms with Crippen LogP contribution in [0.1, 0.15) is 0 Å². The SMILES string of the molecule is OB(O)c1c(Cl)ccc(I)c1F. The summed E-state index contributed by atoms with van der Waals surface area (Å²) in [5.74, 6) is -0.682. The van der Waals surface area contributed by atoms with Gasteiger partial charge in [-0.25, -0.2) is 4.39 Å². The van der Waals surface area contributed by atoms with E-state index in [1.165, 1.54) is 12.1 Å². The summed E-state index contributed by atoms with van der Waals surface area (Å²) in [6, 6.07) is 2.88. The average molecular weight is 300 g/mol. The molecule has 12 heavy (non-hydrogen) atoms. The van der Waals surface area contributed by atoms with Crippen molar-refractivity contribution < 1.29 is 14.4 Å². The first kappa shape index (κ1) is 10.2. The molecular formula is C6H4BClFIO2. The Morgan fingerprint density at radius 2 is 2.00 bits per heavy atom. The zero-order valence-electron chi connectivity index (χ0n) is 5.76. The molecule has 0 bridgehead atoms. The minimum absolute atomic E-state index is 0.0166. The molecule has 0 unspecified atom stereocenters. The number of benzene rings is 1. The first-order valence-corrected chi connectivity index (χ1v) is 4.49. The van der Waals surface area contributed by atoms with Gasteiger partial charge in [-0.15, -0.1) is 0 Å². The van der Waals surface area contributed by atoms with Crippen LogP contribution in [0, 0.1) is 9.39 Å². The molecule has 1 rings (SSSR count). The first-order valence-electron chi connectivity index (χ1n) is 3.03. The molecule has 0 amide bonds. The topological polar surface area (TPSA) is 40.5 Å². The van der Waals surface area contributed by atoms with Gasteiger partial charge in [-0.2, -0.15) is 0 Å². The summed E-state index contributed by atoms with van der Waals surface area (Å²) in [5, 5.41) is 17.5. The number of halogens is 3. The monoisotopic (exact) mass is 300 g/mol. The van der Waals surface area contributed by atoms with Crippen molar-refractivity contribution in [2.75, 3.05) is 0 Å². The van der Waals surface area contributed by atoms with Gasteiger partial charge in [0, 0.05) is 14.1 Å². The van der Waals surface area contributed by atoms with Gasteiger partial charge in [0.25, 0.3) is 0 Å². The lowest BCUT2D eigenvalue weighted by molar-refractivity contribution is 0.423. The summed E-state index contributed by atoms with van der Waals surface area (Å²) < 4.78 is 13.4. The second-order valence-electron chi connectivity index (χ2n) is 2.13. The standard InChI is InChI=1S/C6H4BClFIO2/c8-3-1-2-4(10)6(9)5(3)7(11)12/h1-2,11-12H. The van der Waals surface area contributed by atoms with E-state index >= 15 is 0 Å². The van der Waals surface area contributed by atoms with Crippen LogP contribution in [0.5, 0.6) is 0 Å². The van der Waals surface area contributed by atoms with Crippen LogP contribution in [0.2, 0.25) is 5.02 Å². The fourth-order valence-corrected chi connectivity index (χ4v) is 1.49. The Labute approximate surface area is 87.6 Å². The van der Waals surface area contributed by atoms with Crippen molar-refractivity contribution in [3.8, 4) is 0 Å². The molecule has 0 radical (unpaired) electrons. The van der Waals surface area contributed by atoms with Gasteiger partial charge >= 0.3 is 7.12 Å². The zero-order valence-corrected chi connectivity index (χ0v) is 8.67. The molecule has 64 valence electrons. The van der Waals surface area contributed by atoms with Crippen LogP contribution in [-0.4, -0.2) is 17.2 Å². The van der Waals surface area contributed by atoms with Crippen LogP contribution >= 0.6 is 34.2 Å². The van der Waals surface area contributed by atoms with Crippen molar-refractivity contribution in [1.29, 1.82) is 0 Å². The second-order valence-corrected chi connectivity index (χ2v) is 3.70. The summed E-state index contributed by atoms with van der Waals surface area (Å²) in [6.45, 7) is 0. The van der Waals surface area contributed by atoms with E-state index in [4.69, 9.17) is 21.6 Å². The maximum absolute atomic E-state index is 13.1. The van der Waals surface area contributed by atoms with E-state index in [1.54, 1.807) is 22.6 Å². The van der Waals surface area contributed by atoms with Crippen molar-refractivity contribution >= 4 is 46.8 Å². The van der Waals surface area contributed by atoms with E-state index in [2.05, 4.69) is 0 Å². The van der Waals surface area contributed by atoms with Crippen LogP contribution in [0.3, 0.4) is 0 Å². The van der Waals surface area contributed by atoms with Crippen molar-refractivity contribution in [2.45, 2.75) is 0 Å². The smallest absolute Gasteiger partial charge is 0.423 e. The summed E-state index contributed by atoms with van der Waals surface area (Å²) in [7, 11) is -1.87. The maximum atomic E-state index is 13.1. The van der Waals surface area contributed by atoms with Gasteiger partial charge in [0.2, 0.25) is 0 Å². The number of hydrogen-bond acceptors (Lipinski definition) is 2. The van der Waals surface area contributed by atoms with E-state index in [9.17, 15) is 4.39 Å². The molecule has 2 nitrogen and oxygen atoms in total. The Morgan fingerprint density at radius 3 is 2.42 bits per heavy atom. The van der Waals surface area contributed by atoms with Gasteiger partial charge in [-0.3, -0.25) is 0 Å². The Bertz CT molecular complexity index is 308. The van der Waals surface area contributed by atoms with Crippen molar-refractivity contribution in [1.82, 2.24) is 0 Å². The molecule has 2 N–H and O–H groups in total. The van der Waals surface area contributed by atoms with Gasteiger partial charge in [-0.1, -0.05) is 11.6 Å². The molecule has 1 aromatic rings. The highest BCUT2D eigenvalue weighted by molar-refractivity contribution is 14.1. The van der Waals surface area contributed by atoms with Crippen LogP contribution in [-0.2, 0) is 0 Å². The molecule has 0 aliphatic heterocycles. The van der Waals surface area contributed by atoms with Gasteiger partial charge in [0.15, 0.2) is 0 Å². The highest BCUT2D eigenvalue weighted by atomic mass is 127. The molecule has 0 aliphatic rings. The van der Waals surface area contributed by atoms with Gasteiger partial charge < -0.3 is 10.0 Å². The van der Waals surface area contributed by atoms with Crippen molar-refractivity contribution in [3.63, 3.8) is 0 Å². The molecule has 0 heterocycles. The number of rotatable bonds is 1. The highest BCUT2D eigenvalue weighted by Crippen LogP contribution is 2.14. The molecule has 0 atom stereocenters. The molecule has 0 aliphatic carbocycles. The van der Waals surface area contributed by atoms with Crippen LogP contribution in [0.15, 0.2) is 12.1 Å². The maximum Gasteiger partial charge on any atom is 0.493 e. The summed E-state index contributed by atoms with van der Waals surface area (Å²) in [4.78, 5) is 0. The Kier molecular flexibility index (Phi) is 3.33. The van der Waals surface area contributed by atoms with E-state index in [0.717, 1.165) is 0 Å².